The minimum absolute atomic E-state index is 0.0493. The fourth-order valence-corrected chi connectivity index (χ4v) is 4.29. The Balaban J connectivity index is 1.87. The number of benzene rings is 2. The van der Waals surface area contributed by atoms with Crippen LogP contribution in [-0.4, -0.2) is 22.8 Å². The molecule has 1 fully saturated rings. The lowest BCUT2D eigenvalue weighted by Crippen LogP contribution is -2.37. The van der Waals surface area contributed by atoms with E-state index in [4.69, 9.17) is 0 Å². The molecule has 0 radical (unpaired) electrons. The molecule has 0 saturated carbocycles. The molecule has 1 atom stereocenters. The number of nitrogens with zero attached hydrogens (tertiary/aromatic N) is 1. The van der Waals surface area contributed by atoms with Crippen LogP contribution < -0.4 is 0 Å². The monoisotopic (exact) mass is 347 g/mol. The predicted molar refractivity (Wildman–Crippen MR) is 95.0 cm³/mol. The number of hydrogen-bond acceptors (Lipinski definition) is 3. The van der Waals surface area contributed by atoms with Gasteiger partial charge in [-0.1, -0.05) is 30.3 Å². The zero-order valence-electron chi connectivity index (χ0n) is 12.9. The molecule has 1 aliphatic rings. The Morgan fingerprint density at radius 2 is 1.96 bits per heavy atom. The van der Waals surface area contributed by atoms with Gasteiger partial charge in [0.2, 0.25) is 5.91 Å². The van der Waals surface area contributed by atoms with Gasteiger partial charge in [-0.05, 0) is 30.0 Å². The summed E-state index contributed by atoms with van der Waals surface area (Å²) in [5.41, 5.74) is 1.66. The lowest BCUT2D eigenvalue weighted by molar-refractivity contribution is -0.132. The van der Waals surface area contributed by atoms with E-state index >= 15 is 0 Å². The summed E-state index contributed by atoms with van der Waals surface area (Å²) in [5, 5.41) is -0.0493. The van der Waals surface area contributed by atoms with Gasteiger partial charge in [-0.15, -0.1) is 23.5 Å². The Morgan fingerprint density at radius 3 is 2.65 bits per heavy atom. The molecule has 1 saturated heterocycles. The second-order valence-electron chi connectivity index (χ2n) is 5.36. The van der Waals surface area contributed by atoms with Gasteiger partial charge >= 0.3 is 0 Å². The number of halogens is 1. The van der Waals surface area contributed by atoms with Gasteiger partial charge in [0, 0.05) is 29.2 Å². The van der Waals surface area contributed by atoms with Gasteiger partial charge in [-0.3, -0.25) is 4.79 Å². The summed E-state index contributed by atoms with van der Waals surface area (Å²) in [7, 11) is 0. The van der Waals surface area contributed by atoms with E-state index in [0.717, 1.165) is 11.3 Å². The number of rotatable bonds is 4. The van der Waals surface area contributed by atoms with Crippen LogP contribution in [0.15, 0.2) is 53.4 Å². The molecule has 2 nitrogen and oxygen atoms in total. The maximum Gasteiger partial charge on any atom is 0.224 e. The molecule has 23 heavy (non-hydrogen) atoms. The molecule has 2 aromatic carbocycles. The topological polar surface area (TPSA) is 20.3 Å². The summed E-state index contributed by atoms with van der Waals surface area (Å²) in [6, 6.07) is 14.9. The number of amides is 1. The second kappa shape index (κ2) is 7.41. The zero-order valence-corrected chi connectivity index (χ0v) is 14.5. The van der Waals surface area contributed by atoms with E-state index in [-0.39, 0.29) is 17.1 Å². The van der Waals surface area contributed by atoms with Gasteiger partial charge in [0.15, 0.2) is 0 Å². The first-order valence-electron chi connectivity index (χ1n) is 7.47. The molecule has 1 amide bonds. The van der Waals surface area contributed by atoms with Crippen molar-refractivity contribution in [2.24, 2.45) is 0 Å². The van der Waals surface area contributed by atoms with E-state index in [1.807, 2.05) is 12.3 Å². The Labute approximate surface area is 144 Å². The van der Waals surface area contributed by atoms with Crippen LogP contribution in [0.25, 0.3) is 0 Å². The predicted octanol–water partition coefficient (Wildman–Crippen LogP) is 4.71. The van der Waals surface area contributed by atoms with Gasteiger partial charge in [0.25, 0.3) is 0 Å². The number of thioether (sulfide) groups is 2. The Kier molecular flexibility index (Phi) is 5.28. The SMILES string of the molecule is CSc1ccc(C2SCCC(=O)N2Cc2ccccc2F)cc1. The third-order valence-corrected chi connectivity index (χ3v) is 5.92. The van der Waals surface area contributed by atoms with Crippen LogP contribution in [0.2, 0.25) is 0 Å². The summed E-state index contributed by atoms with van der Waals surface area (Å²) in [5.74, 6) is 0.639. The third-order valence-electron chi connectivity index (χ3n) is 3.89. The summed E-state index contributed by atoms with van der Waals surface area (Å²) in [4.78, 5) is 15.4. The smallest absolute Gasteiger partial charge is 0.224 e. The van der Waals surface area contributed by atoms with Gasteiger partial charge in [0.05, 0.1) is 0 Å². The van der Waals surface area contributed by atoms with Gasteiger partial charge in [-0.25, -0.2) is 4.39 Å². The van der Waals surface area contributed by atoms with Crippen molar-refractivity contribution >= 4 is 29.4 Å². The van der Waals surface area contributed by atoms with Crippen molar-refractivity contribution in [1.82, 2.24) is 4.90 Å². The van der Waals surface area contributed by atoms with Crippen molar-refractivity contribution in [3.05, 3.63) is 65.5 Å². The fraction of sp³-hybridized carbons (Fsp3) is 0.278. The van der Waals surface area contributed by atoms with Gasteiger partial charge in [-0.2, -0.15) is 0 Å². The van der Waals surface area contributed by atoms with E-state index in [1.54, 1.807) is 40.6 Å². The number of carbonyl (C=O) groups is 1. The van der Waals surface area contributed by atoms with Crippen LogP contribution in [0, 0.1) is 5.82 Å². The van der Waals surface area contributed by atoms with Crippen LogP contribution in [0.1, 0.15) is 22.9 Å². The van der Waals surface area contributed by atoms with Crippen molar-refractivity contribution in [3.8, 4) is 0 Å². The molecule has 0 bridgehead atoms. The summed E-state index contributed by atoms with van der Waals surface area (Å²) in [6.07, 6.45) is 2.55. The molecule has 0 spiro atoms. The standard InChI is InChI=1S/C18H18FNOS2/c1-22-15-8-6-13(7-9-15)18-20(17(21)10-11-23-18)12-14-4-2-3-5-16(14)19/h2-9,18H,10-12H2,1H3. The normalized spacial score (nSPS) is 18.3. The number of hydrogen-bond donors (Lipinski definition) is 0. The maximum absolute atomic E-state index is 14.0. The molecule has 1 aliphatic heterocycles. The first-order valence-corrected chi connectivity index (χ1v) is 9.75. The highest BCUT2D eigenvalue weighted by Crippen LogP contribution is 2.38. The molecule has 5 heteroatoms. The van der Waals surface area contributed by atoms with Crippen LogP contribution in [-0.2, 0) is 11.3 Å². The zero-order chi connectivity index (χ0) is 16.2. The van der Waals surface area contributed by atoms with E-state index < -0.39 is 0 Å². The molecular formula is C18H18FNOS2. The van der Waals surface area contributed by atoms with E-state index in [0.29, 0.717) is 18.5 Å². The average Bonchev–Trinajstić information content (AvgIpc) is 2.58. The van der Waals surface area contributed by atoms with E-state index in [2.05, 4.69) is 24.3 Å². The Hall–Kier alpha value is -1.46. The molecule has 1 heterocycles. The van der Waals surface area contributed by atoms with Crippen molar-refractivity contribution in [2.75, 3.05) is 12.0 Å². The number of carbonyl (C=O) groups excluding carboxylic acids is 1. The first-order chi connectivity index (χ1) is 11.2. The Bertz CT molecular complexity index is 690. The van der Waals surface area contributed by atoms with Crippen molar-refractivity contribution in [1.29, 1.82) is 0 Å². The quantitative estimate of drug-likeness (QED) is 0.747. The van der Waals surface area contributed by atoms with Crippen LogP contribution in [0.5, 0.6) is 0 Å². The molecule has 1 unspecified atom stereocenters. The highest BCUT2D eigenvalue weighted by atomic mass is 32.2. The molecule has 0 aromatic heterocycles. The molecule has 0 aliphatic carbocycles. The third kappa shape index (κ3) is 3.72. The Morgan fingerprint density at radius 1 is 1.22 bits per heavy atom. The largest absolute Gasteiger partial charge is 0.322 e. The van der Waals surface area contributed by atoms with Crippen molar-refractivity contribution in [2.45, 2.75) is 23.2 Å². The van der Waals surface area contributed by atoms with Gasteiger partial charge in [0.1, 0.15) is 11.2 Å². The minimum atomic E-state index is -0.257. The highest BCUT2D eigenvalue weighted by Gasteiger charge is 2.30. The maximum atomic E-state index is 14.0. The first kappa shape index (κ1) is 16.4. The van der Waals surface area contributed by atoms with E-state index in [1.165, 1.54) is 11.0 Å². The molecular weight excluding hydrogens is 329 g/mol. The summed E-state index contributed by atoms with van der Waals surface area (Å²) < 4.78 is 14.0. The van der Waals surface area contributed by atoms with E-state index in [9.17, 15) is 9.18 Å². The van der Waals surface area contributed by atoms with Gasteiger partial charge < -0.3 is 4.90 Å². The summed E-state index contributed by atoms with van der Waals surface area (Å²) in [6.45, 7) is 0.313. The lowest BCUT2D eigenvalue weighted by Gasteiger charge is -2.35. The van der Waals surface area contributed by atoms with Crippen LogP contribution in [0.4, 0.5) is 4.39 Å². The average molecular weight is 347 g/mol. The van der Waals surface area contributed by atoms with Crippen LogP contribution >= 0.6 is 23.5 Å². The van der Waals surface area contributed by atoms with Crippen molar-refractivity contribution < 1.29 is 9.18 Å². The second-order valence-corrected chi connectivity index (χ2v) is 7.43. The minimum Gasteiger partial charge on any atom is -0.322 e. The summed E-state index contributed by atoms with van der Waals surface area (Å²) >= 11 is 3.44. The molecule has 2 aromatic rings. The van der Waals surface area contributed by atoms with Crippen molar-refractivity contribution in [3.63, 3.8) is 0 Å². The van der Waals surface area contributed by atoms with Crippen LogP contribution in [0.3, 0.4) is 0 Å². The highest BCUT2D eigenvalue weighted by molar-refractivity contribution is 7.99. The molecule has 0 N–H and O–H groups in total. The molecule has 3 rings (SSSR count). The lowest BCUT2D eigenvalue weighted by atomic mass is 10.1. The molecule has 120 valence electrons. The fourth-order valence-electron chi connectivity index (χ4n) is 2.65.